The van der Waals surface area contributed by atoms with E-state index in [0.717, 1.165) is 9.39 Å². The zero-order valence-electron chi connectivity index (χ0n) is 17.8. The summed E-state index contributed by atoms with van der Waals surface area (Å²) in [6, 6.07) is 6.56. The van der Waals surface area contributed by atoms with Crippen molar-refractivity contribution < 1.29 is 48.0 Å². The SMILES string of the molecule is CC1C=C(NC2C=C(N3CC(F)(F)C3)NC([I-]c3ccc(NC(=O)CC(F)(F)F)cc3)=N2)NN1. The van der Waals surface area contributed by atoms with Gasteiger partial charge in [0.25, 0.3) is 0 Å². The molecule has 3 aliphatic rings. The van der Waals surface area contributed by atoms with Gasteiger partial charge in [0.05, 0.1) is 0 Å². The molecule has 1 fully saturated rings. The number of rotatable bonds is 7. The Morgan fingerprint density at radius 3 is 2.53 bits per heavy atom. The standard InChI is InChI=1S/C20H22F5IN7O/c1-11-6-15(32-31-11)28-14-7-16(33-9-19(21,22)10-33)30-18(29-14)26-12-2-4-13(5-3-12)27-17(34)8-20(23,24)25/h2-7,11,14,28,31-32H,8-10H2,1H3,(H,27,34)(H,29,30)/q-1. The minimum atomic E-state index is -4.57. The number of anilines is 1. The van der Waals surface area contributed by atoms with Gasteiger partial charge in [-0.2, -0.15) is 0 Å². The molecular weight excluding hydrogens is 576 g/mol. The van der Waals surface area contributed by atoms with Crippen LogP contribution >= 0.6 is 0 Å². The topological polar surface area (TPSA) is 92.8 Å². The number of aliphatic imine (C=N–C) groups is 1. The van der Waals surface area contributed by atoms with E-state index in [9.17, 15) is 26.7 Å². The van der Waals surface area contributed by atoms with Crippen LogP contribution in [0.3, 0.4) is 0 Å². The molecule has 1 amide bonds. The van der Waals surface area contributed by atoms with Gasteiger partial charge in [-0.05, 0) is 0 Å². The fourth-order valence-electron chi connectivity index (χ4n) is 3.33. The third-order valence-electron chi connectivity index (χ3n) is 4.83. The number of hydrogen-bond donors (Lipinski definition) is 5. The Labute approximate surface area is 202 Å². The Kier molecular flexibility index (Phi) is 6.89. The molecule has 0 saturated carbocycles. The summed E-state index contributed by atoms with van der Waals surface area (Å²) in [7, 11) is 0. The van der Waals surface area contributed by atoms with Crippen molar-refractivity contribution in [3.63, 3.8) is 0 Å². The maximum absolute atomic E-state index is 13.4. The summed E-state index contributed by atoms with van der Waals surface area (Å²) in [4.78, 5) is 17.7. The van der Waals surface area contributed by atoms with E-state index < -0.39 is 51.8 Å². The van der Waals surface area contributed by atoms with Crippen molar-refractivity contribution in [1.82, 2.24) is 26.4 Å². The molecule has 1 aromatic rings. The van der Waals surface area contributed by atoms with Crippen LogP contribution in [0.2, 0.25) is 0 Å². The van der Waals surface area contributed by atoms with E-state index in [-0.39, 0.29) is 24.8 Å². The van der Waals surface area contributed by atoms with Crippen LogP contribution < -0.4 is 48.0 Å². The number of benzene rings is 1. The molecule has 2 atom stereocenters. The van der Waals surface area contributed by atoms with Gasteiger partial charge in [-0.25, -0.2) is 0 Å². The fourth-order valence-corrected chi connectivity index (χ4v) is 5.49. The Morgan fingerprint density at radius 2 is 1.94 bits per heavy atom. The molecule has 2 unspecified atom stereocenters. The van der Waals surface area contributed by atoms with E-state index in [1.807, 2.05) is 13.0 Å². The molecule has 4 rings (SSSR count). The van der Waals surface area contributed by atoms with Crippen molar-refractivity contribution in [2.45, 2.75) is 37.7 Å². The number of alkyl halides is 5. The first-order valence-corrected chi connectivity index (χ1v) is 12.4. The van der Waals surface area contributed by atoms with Crippen molar-refractivity contribution >= 4 is 15.4 Å². The van der Waals surface area contributed by atoms with Gasteiger partial charge in [0.2, 0.25) is 0 Å². The molecule has 3 heterocycles. The minimum absolute atomic E-state index is 0.118. The number of amides is 1. The van der Waals surface area contributed by atoms with E-state index in [1.165, 1.54) is 12.1 Å². The van der Waals surface area contributed by atoms with Crippen LogP contribution in [0.15, 0.2) is 53.1 Å². The first kappa shape index (κ1) is 24.5. The number of hydrogen-bond acceptors (Lipinski definition) is 7. The van der Waals surface area contributed by atoms with Crippen molar-refractivity contribution in [3.8, 4) is 0 Å². The molecule has 3 aliphatic heterocycles. The monoisotopic (exact) mass is 598 g/mol. The summed E-state index contributed by atoms with van der Waals surface area (Å²) >= 11 is -0.869. The van der Waals surface area contributed by atoms with Crippen LogP contribution in [0.4, 0.5) is 27.6 Å². The van der Waals surface area contributed by atoms with Gasteiger partial charge in [0, 0.05) is 0 Å². The second-order valence-electron chi connectivity index (χ2n) is 7.98. The molecule has 186 valence electrons. The van der Waals surface area contributed by atoms with Gasteiger partial charge in [-0.3, -0.25) is 0 Å². The van der Waals surface area contributed by atoms with Crippen LogP contribution in [0.5, 0.6) is 0 Å². The van der Waals surface area contributed by atoms with Gasteiger partial charge < -0.3 is 0 Å². The predicted octanol–water partition coefficient (Wildman–Crippen LogP) is -1.16. The van der Waals surface area contributed by atoms with Gasteiger partial charge in [0.15, 0.2) is 0 Å². The number of likely N-dealkylation sites (tertiary alicyclic amines) is 1. The molecule has 0 aliphatic carbocycles. The molecular formula is C20H22F5IN7O-. The number of nitrogens with one attached hydrogen (secondary N) is 5. The van der Waals surface area contributed by atoms with E-state index in [4.69, 9.17) is 0 Å². The van der Waals surface area contributed by atoms with E-state index in [2.05, 4.69) is 31.8 Å². The third-order valence-corrected chi connectivity index (χ3v) is 7.23. The first-order chi connectivity index (χ1) is 15.9. The Balaban J connectivity index is 1.42. The van der Waals surface area contributed by atoms with Crippen LogP contribution in [-0.2, 0) is 4.79 Å². The number of carbonyl (C=O) groups is 1. The molecule has 0 bridgehead atoms. The van der Waals surface area contributed by atoms with Crippen LogP contribution in [0, 0.1) is 3.57 Å². The fraction of sp³-hybridized carbons (Fsp3) is 0.400. The second kappa shape index (κ2) is 9.56. The number of halogens is 6. The van der Waals surface area contributed by atoms with Gasteiger partial charge in [0.1, 0.15) is 0 Å². The molecule has 0 radical (unpaired) electrons. The van der Waals surface area contributed by atoms with Crippen molar-refractivity contribution in [2.24, 2.45) is 4.99 Å². The first-order valence-electron chi connectivity index (χ1n) is 10.2. The molecule has 34 heavy (non-hydrogen) atoms. The van der Waals surface area contributed by atoms with E-state index in [1.54, 1.807) is 23.1 Å². The average molecular weight is 598 g/mol. The molecule has 14 heteroatoms. The maximum atomic E-state index is 13.4. The van der Waals surface area contributed by atoms with E-state index in [0.29, 0.717) is 9.66 Å². The van der Waals surface area contributed by atoms with Crippen LogP contribution in [0.25, 0.3) is 0 Å². The summed E-state index contributed by atoms with van der Waals surface area (Å²) in [5.41, 5.74) is 6.27. The Hall–Kier alpha value is -2.62. The van der Waals surface area contributed by atoms with Crippen LogP contribution in [0.1, 0.15) is 13.3 Å². The molecule has 0 spiro atoms. The summed E-state index contributed by atoms with van der Waals surface area (Å²) in [6.07, 6.45) is -2.93. The predicted molar refractivity (Wildman–Crippen MR) is 110 cm³/mol. The number of carbonyl (C=O) groups excluding carboxylic acids is 1. The number of hydrazine groups is 1. The third kappa shape index (κ3) is 6.71. The Morgan fingerprint density at radius 1 is 1.24 bits per heavy atom. The van der Waals surface area contributed by atoms with Crippen molar-refractivity contribution in [2.75, 3.05) is 18.4 Å². The van der Waals surface area contributed by atoms with Crippen LogP contribution in [-0.4, -0.2) is 52.0 Å². The zero-order valence-corrected chi connectivity index (χ0v) is 20.0. The van der Waals surface area contributed by atoms with Gasteiger partial charge in [-0.15, -0.1) is 0 Å². The Bertz CT molecular complexity index is 1020. The summed E-state index contributed by atoms with van der Waals surface area (Å²) in [5.74, 6) is -2.59. The molecule has 1 aromatic carbocycles. The molecule has 5 N–H and O–H groups in total. The molecule has 8 nitrogen and oxygen atoms in total. The number of nitrogens with zero attached hydrogens (tertiary/aromatic N) is 2. The zero-order chi connectivity index (χ0) is 24.5. The molecule has 1 saturated heterocycles. The average Bonchev–Trinajstić information content (AvgIpc) is 3.10. The summed E-state index contributed by atoms with van der Waals surface area (Å²) in [5, 5.41) is 8.57. The summed E-state index contributed by atoms with van der Waals surface area (Å²) in [6.45, 7) is 1.20. The molecule has 0 aromatic heterocycles. The quantitative estimate of drug-likeness (QED) is 0.155. The van der Waals surface area contributed by atoms with Crippen molar-refractivity contribution in [1.29, 1.82) is 0 Å². The number of amidine groups is 1. The summed E-state index contributed by atoms with van der Waals surface area (Å²) < 4.78 is 65.3. The second-order valence-corrected chi connectivity index (χ2v) is 10.8. The van der Waals surface area contributed by atoms with Gasteiger partial charge >= 0.3 is 202 Å². The normalized spacial score (nSPS) is 23.7. The van der Waals surface area contributed by atoms with Crippen molar-refractivity contribution in [3.05, 3.63) is 51.6 Å². The van der Waals surface area contributed by atoms with E-state index >= 15 is 0 Å². The van der Waals surface area contributed by atoms with Gasteiger partial charge in [-0.1, -0.05) is 0 Å².